The molecule has 0 aliphatic rings. The third-order valence-corrected chi connectivity index (χ3v) is 14.7. The topological polar surface area (TPSA) is 111 Å². The molecule has 0 aliphatic heterocycles. The molecule has 0 aromatic rings. The van der Waals surface area contributed by atoms with Gasteiger partial charge in [0.1, 0.15) is 19.3 Å². The molecule has 0 radical (unpaired) electrons. The van der Waals surface area contributed by atoms with Crippen LogP contribution in [0.15, 0.2) is 97.2 Å². The van der Waals surface area contributed by atoms with E-state index in [0.29, 0.717) is 23.9 Å². The normalized spacial score (nSPS) is 14.3. The highest BCUT2D eigenvalue weighted by Gasteiger charge is 2.30. The van der Waals surface area contributed by atoms with E-state index in [9.17, 15) is 19.0 Å². The van der Waals surface area contributed by atoms with Crippen molar-refractivity contribution in [3.05, 3.63) is 97.2 Å². The Hall–Kier alpha value is -3.07. The third kappa shape index (κ3) is 57.6. The molecule has 78 heavy (non-hydrogen) atoms. The fourth-order valence-corrected chi connectivity index (χ4v) is 9.56. The molecular formula is C68H122N2O7P+. The summed E-state index contributed by atoms with van der Waals surface area (Å²) in [6.45, 7) is 6.87. The van der Waals surface area contributed by atoms with E-state index >= 15 is 0 Å². The van der Waals surface area contributed by atoms with Gasteiger partial charge in [0.2, 0.25) is 5.91 Å². The SMILES string of the molecule is CC/C=C\C/C=C\C/C=C\C/C=C\C/C=C\C/C=C\CCCCCCCCC(=O)NC(COP(=O)(O)OCC[N+](C)(C)C)C(/C=C\CCCCCCCCCCCCC)OC(=O)CCCCC/C=C\CCCCCCCCC. The van der Waals surface area contributed by atoms with Crippen molar-refractivity contribution in [3.63, 3.8) is 0 Å². The Balaban J connectivity index is 5.24. The van der Waals surface area contributed by atoms with E-state index in [1.807, 2.05) is 33.3 Å². The van der Waals surface area contributed by atoms with Gasteiger partial charge >= 0.3 is 13.8 Å². The van der Waals surface area contributed by atoms with Gasteiger partial charge in [-0.3, -0.25) is 18.6 Å². The number of hydrogen-bond acceptors (Lipinski definition) is 6. The summed E-state index contributed by atoms with van der Waals surface area (Å²) in [6.07, 6.45) is 76.9. The number of amides is 1. The van der Waals surface area contributed by atoms with Crippen LogP contribution in [0.3, 0.4) is 0 Å². The van der Waals surface area contributed by atoms with Crippen molar-refractivity contribution < 1.29 is 37.3 Å². The number of carbonyl (C=O) groups excluding carboxylic acids is 2. The number of rotatable bonds is 57. The Morgan fingerprint density at radius 1 is 0.462 bits per heavy atom. The van der Waals surface area contributed by atoms with Gasteiger partial charge < -0.3 is 19.4 Å². The van der Waals surface area contributed by atoms with Gasteiger partial charge in [0, 0.05) is 12.8 Å². The molecule has 0 fully saturated rings. The summed E-state index contributed by atoms with van der Waals surface area (Å²) in [4.78, 5) is 37.7. The fourth-order valence-electron chi connectivity index (χ4n) is 8.82. The zero-order chi connectivity index (χ0) is 57.2. The first kappa shape index (κ1) is 74.9. The van der Waals surface area contributed by atoms with Crippen molar-refractivity contribution in [2.75, 3.05) is 40.9 Å². The number of esters is 1. The molecule has 0 heterocycles. The number of likely N-dealkylation sites (N-methyl/N-ethyl adjacent to an activating group) is 1. The molecule has 0 saturated carbocycles. The molecule has 0 saturated heterocycles. The molecule has 2 N–H and O–H groups in total. The van der Waals surface area contributed by atoms with E-state index in [1.165, 1.54) is 103 Å². The summed E-state index contributed by atoms with van der Waals surface area (Å²) in [5.41, 5.74) is 0. The quantitative estimate of drug-likeness (QED) is 0.0205. The minimum absolute atomic E-state index is 0.0308. The predicted octanol–water partition coefficient (Wildman–Crippen LogP) is 19.9. The third-order valence-electron chi connectivity index (χ3n) is 13.8. The smallest absolute Gasteiger partial charge is 0.456 e. The standard InChI is InChI=1S/C68H121N2O7P/c1-7-10-13-16-19-22-25-28-30-31-32-33-34-35-36-37-38-39-40-42-45-48-51-54-57-60-67(71)69-65(64-76-78(73,74)75-63-62-70(4,5)6)66(59-56-53-50-47-44-41-27-24-21-18-15-12-9-3)77-68(72)61-58-55-52-49-46-43-29-26-23-20-17-14-11-8-2/h10,13,19,22,28,30,32-33,35-36,38-39,43,46,56,59,65-66H,7-9,11-12,14-18,20-21,23-27,29,31,34,37,40-42,44-45,47-55,57-58,60-64H2,1-6H3,(H-,69,71,73,74)/p+1/b13-10-,22-19-,30-28-,33-32-,36-35-,39-38-,46-43-,59-56-. The maximum Gasteiger partial charge on any atom is 0.472 e. The Bertz CT molecular complexity index is 1660. The van der Waals surface area contributed by atoms with Gasteiger partial charge in [0.25, 0.3) is 0 Å². The van der Waals surface area contributed by atoms with Gasteiger partial charge in [0.05, 0.1) is 33.8 Å². The average molecular weight is 1110 g/mol. The second-order valence-corrected chi connectivity index (χ2v) is 24.0. The van der Waals surface area contributed by atoms with Gasteiger partial charge in [-0.15, -0.1) is 0 Å². The fraction of sp³-hybridized carbons (Fsp3) is 0.735. The van der Waals surface area contributed by atoms with E-state index in [2.05, 4.69) is 111 Å². The zero-order valence-electron chi connectivity index (χ0n) is 51.4. The maximum atomic E-state index is 13.6. The second-order valence-electron chi connectivity index (χ2n) is 22.5. The number of hydrogen-bond donors (Lipinski definition) is 2. The number of unbranched alkanes of at least 4 members (excludes halogenated alkanes) is 27. The molecule has 0 bridgehead atoms. The predicted molar refractivity (Wildman–Crippen MR) is 337 cm³/mol. The van der Waals surface area contributed by atoms with Crippen LogP contribution in [0, 0.1) is 0 Å². The number of carbonyl (C=O) groups is 2. The summed E-state index contributed by atoms with van der Waals surface area (Å²) in [5.74, 6) is -0.542. The second kappa shape index (κ2) is 57.2. The van der Waals surface area contributed by atoms with Crippen LogP contribution in [-0.4, -0.2) is 74.3 Å². The highest BCUT2D eigenvalue weighted by molar-refractivity contribution is 7.47. The van der Waals surface area contributed by atoms with Gasteiger partial charge in [-0.2, -0.15) is 0 Å². The molecule has 0 aliphatic carbocycles. The maximum absolute atomic E-state index is 13.6. The molecule has 0 aromatic carbocycles. The highest BCUT2D eigenvalue weighted by Crippen LogP contribution is 2.43. The average Bonchev–Trinajstić information content (AvgIpc) is 3.40. The molecule has 10 heteroatoms. The number of quaternary nitrogens is 1. The summed E-state index contributed by atoms with van der Waals surface area (Å²) in [6, 6.07) is -0.868. The van der Waals surface area contributed by atoms with Crippen molar-refractivity contribution in [3.8, 4) is 0 Å². The molecule has 3 unspecified atom stereocenters. The monoisotopic (exact) mass is 1110 g/mol. The van der Waals surface area contributed by atoms with Crippen molar-refractivity contribution in [2.24, 2.45) is 0 Å². The summed E-state index contributed by atoms with van der Waals surface area (Å²) < 4.78 is 30.7. The number of allylic oxidation sites excluding steroid dienone is 15. The number of phosphoric acid groups is 1. The van der Waals surface area contributed by atoms with Crippen LogP contribution in [0.1, 0.15) is 271 Å². The minimum Gasteiger partial charge on any atom is -0.456 e. The number of nitrogens with one attached hydrogen (secondary N) is 1. The van der Waals surface area contributed by atoms with Crippen molar-refractivity contribution in [1.82, 2.24) is 5.32 Å². The van der Waals surface area contributed by atoms with Crippen LogP contribution in [0.2, 0.25) is 0 Å². The molecule has 3 atom stereocenters. The lowest BCUT2D eigenvalue weighted by atomic mass is 10.0. The lowest BCUT2D eigenvalue weighted by Gasteiger charge is -2.27. The first-order chi connectivity index (χ1) is 37.9. The van der Waals surface area contributed by atoms with Gasteiger partial charge in [-0.1, -0.05) is 247 Å². The van der Waals surface area contributed by atoms with Gasteiger partial charge in [-0.05, 0) is 109 Å². The first-order valence-corrected chi connectivity index (χ1v) is 33.6. The largest absolute Gasteiger partial charge is 0.472 e. The van der Waals surface area contributed by atoms with E-state index in [1.54, 1.807) is 0 Å². The molecule has 0 aromatic heterocycles. The Kier molecular flexibility index (Phi) is 54.9. The van der Waals surface area contributed by atoms with Crippen molar-refractivity contribution >= 4 is 19.7 Å². The summed E-state index contributed by atoms with van der Waals surface area (Å²) in [7, 11) is 1.47. The summed E-state index contributed by atoms with van der Waals surface area (Å²) >= 11 is 0. The molecule has 9 nitrogen and oxygen atoms in total. The summed E-state index contributed by atoms with van der Waals surface area (Å²) in [5, 5.41) is 3.05. The van der Waals surface area contributed by atoms with Crippen LogP contribution >= 0.6 is 7.82 Å². The van der Waals surface area contributed by atoms with Crippen LogP contribution < -0.4 is 5.32 Å². The molecule has 0 spiro atoms. The Labute approximate surface area is 481 Å². The van der Waals surface area contributed by atoms with Gasteiger partial charge in [0.15, 0.2) is 0 Å². The number of phosphoric ester groups is 1. The molecule has 450 valence electrons. The highest BCUT2D eigenvalue weighted by atomic mass is 31.2. The Morgan fingerprint density at radius 2 is 0.821 bits per heavy atom. The van der Waals surface area contributed by atoms with Crippen LogP contribution in [-0.2, 0) is 27.9 Å². The lowest BCUT2D eigenvalue weighted by Crippen LogP contribution is -2.47. The number of ether oxygens (including phenoxy) is 1. The molecule has 0 rings (SSSR count). The van der Waals surface area contributed by atoms with E-state index in [-0.39, 0.29) is 31.5 Å². The van der Waals surface area contributed by atoms with Crippen LogP contribution in [0.4, 0.5) is 0 Å². The Morgan fingerprint density at radius 3 is 1.26 bits per heavy atom. The zero-order valence-corrected chi connectivity index (χ0v) is 52.3. The van der Waals surface area contributed by atoms with Crippen LogP contribution in [0.5, 0.6) is 0 Å². The molecule has 1 amide bonds. The van der Waals surface area contributed by atoms with E-state index in [0.717, 1.165) is 128 Å². The van der Waals surface area contributed by atoms with E-state index < -0.39 is 20.0 Å². The first-order valence-electron chi connectivity index (χ1n) is 32.1. The number of nitrogens with zero attached hydrogens (tertiary/aromatic N) is 1. The van der Waals surface area contributed by atoms with Crippen molar-refractivity contribution in [2.45, 2.75) is 283 Å². The lowest BCUT2D eigenvalue weighted by molar-refractivity contribution is -0.870. The molecular weight excluding hydrogens is 988 g/mol. The van der Waals surface area contributed by atoms with E-state index in [4.69, 9.17) is 13.8 Å². The van der Waals surface area contributed by atoms with Gasteiger partial charge in [-0.25, -0.2) is 4.57 Å². The minimum atomic E-state index is -4.46. The van der Waals surface area contributed by atoms with Crippen molar-refractivity contribution in [1.29, 1.82) is 0 Å². The van der Waals surface area contributed by atoms with Crippen LogP contribution in [0.25, 0.3) is 0 Å².